The van der Waals surface area contributed by atoms with Crippen molar-refractivity contribution in [3.8, 4) is 11.3 Å². The number of pyridine rings is 1. The summed E-state index contributed by atoms with van der Waals surface area (Å²) < 4.78 is 29.1. The van der Waals surface area contributed by atoms with Crippen molar-refractivity contribution in [2.75, 3.05) is 32.7 Å². The molecule has 1 aliphatic carbocycles. The van der Waals surface area contributed by atoms with Crippen LogP contribution in [0.25, 0.3) is 27.9 Å². The van der Waals surface area contributed by atoms with Crippen molar-refractivity contribution in [2.24, 2.45) is 0 Å². The number of nitrogens with one attached hydrogen (secondary N) is 2. The Hall–Kier alpha value is -3.57. The normalized spacial score (nSPS) is 24.1. The van der Waals surface area contributed by atoms with Crippen molar-refractivity contribution < 1.29 is 18.7 Å². The first-order valence-corrected chi connectivity index (χ1v) is 12.2. The zero-order valence-electron chi connectivity index (χ0n) is 20.1. The fraction of sp³-hybridized carbons (Fsp3) is 0.440. The first-order chi connectivity index (χ1) is 17.6. The lowest BCUT2D eigenvalue weighted by Crippen LogP contribution is -2.51. The lowest BCUT2D eigenvalue weighted by Gasteiger charge is -2.35. The van der Waals surface area contributed by atoms with E-state index in [0.29, 0.717) is 41.4 Å². The van der Waals surface area contributed by atoms with Gasteiger partial charge in [-0.15, -0.1) is 0 Å². The maximum Gasteiger partial charge on any atom is 0.257 e. The second kappa shape index (κ2) is 9.14. The molecule has 4 aromatic rings. The number of fused-ring (bicyclic) bond motifs is 2. The summed E-state index contributed by atoms with van der Waals surface area (Å²) in [5.41, 5.74) is 2.95. The number of alkyl halides is 1. The van der Waals surface area contributed by atoms with Gasteiger partial charge in [-0.05, 0) is 31.4 Å². The van der Waals surface area contributed by atoms with Crippen molar-refractivity contribution in [2.45, 2.75) is 43.6 Å². The summed E-state index contributed by atoms with van der Waals surface area (Å²) in [4.78, 5) is 22.6. The van der Waals surface area contributed by atoms with E-state index < -0.39 is 6.17 Å². The molecule has 2 aliphatic rings. The van der Waals surface area contributed by atoms with E-state index in [9.17, 15) is 9.18 Å². The van der Waals surface area contributed by atoms with Gasteiger partial charge in [-0.25, -0.2) is 14.4 Å². The first-order valence-electron chi connectivity index (χ1n) is 12.2. The van der Waals surface area contributed by atoms with Crippen molar-refractivity contribution in [3.63, 3.8) is 0 Å². The van der Waals surface area contributed by atoms with Gasteiger partial charge in [0.25, 0.3) is 5.91 Å². The number of methoxy groups -OCH3 is 1. The Balaban J connectivity index is 1.45. The summed E-state index contributed by atoms with van der Waals surface area (Å²) in [6.07, 6.45) is 6.40. The van der Waals surface area contributed by atoms with E-state index >= 15 is 0 Å². The number of ether oxygens (including phenoxy) is 2. The van der Waals surface area contributed by atoms with Crippen molar-refractivity contribution in [1.29, 1.82) is 0 Å². The Morgan fingerprint density at radius 2 is 2.17 bits per heavy atom. The molecule has 6 rings (SSSR count). The average Bonchev–Trinajstić information content (AvgIpc) is 3.49. The first kappa shape index (κ1) is 22.9. The fourth-order valence-electron chi connectivity index (χ4n) is 5.15. The number of carbonyl (C=O) groups is 1. The highest BCUT2D eigenvalue weighted by atomic mass is 19.1. The van der Waals surface area contributed by atoms with Gasteiger partial charge in [-0.1, -0.05) is 0 Å². The highest BCUT2D eigenvalue weighted by Crippen LogP contribution is 2.35. The van der Waals surface area contributed by atoms with Crippen LogP contribution in [0.1, 0.15) is 35.7 Å². The highest BCUT2D eigenvalue weighted by Gasteiger charge is 2.33. The minimum absolute atomic E-state index is 0.0234. The lowest BCUT2D eigenvalue weighted by atomic mass is 9.89. The number of amides is 1. The van der Waals surface area contributed by atoms with Gasteiger partial charge >= 0.3 is 0 Å². The van der Waals surface area contributed by atoms with Crippen LogP contribution >= 0.6 is 0 Å². The molecule has 10 nitrogen and oxygen atoms in total. The molecular weight excluding hydrogens is 465 g/mol. The molecular formula is C25H28FN7O3. The highest BCUT2D eigenvalue weighted by molar-refractivity contribution is 6.01. The lowest BCUT2D eigenvalue weighted by molar-refractivity contribution is 0.00443. The van der Waals surface area contributed by atoms with Crippen LogP contribution < -0.4 is 10.6 Å². The van der Waals surface area contributed by atoms with Gasteiger partial charge in [-0.2, -0.15) is 9.61 Å². The number of nitrogens with zero attached hydrogens (tertiary/aromatic N) is 5. The SMILES string of the molecule is CNc1cc(-c2cn([C@@H]3CCOC[C@H]3F)c3ncccc23)nc2c(C(=O)N[C@H]3CC[C@@H]3OC)cnn12. The molecule has 1 saturated heterocycles. The Morgan fingerprint density at radius 1 is 1.28 bits per heavy atom. The van der Waals surface area contributed by atoms with Gasteiger partial charge in [0.2, 0.25) is 0 Å². The molecule has 2 N–H and O–H groups in total. The van der Waals surface area contributed by atoms with Crippen molar-refractivity contribution >= 4 is 28.4 Å². The molecule has 188 valence electrons. The summed E-state index contributed by atoms with van der Waals surface area (Å²) in [7, 11) is 3.44. The van der Waals surface area contributed by atoms with Crippen LogP contribution in [0.15, 0.2) is 36.8 Å². The van der Waals surface area contributed by atoms with E-state index in [1.807, 2.05) is 29.0 Å². The topological polar surface area (TPSA) is 108 Å². The molecule has 5 heterocycles. The Bertz CT molecular complexity index is 1430. The number of anilines is 1. The third kappa shape index (κ3) is 3.70. The Kier molecular flexibility index (Phi) is 5.81. The van der Waals surface area contributed by atoms with E-state index in [1.165, 1.54) is 6.20 Å². The molecule has 0 unspecified atom stereocenters. The largest absolute Gasteiger partial charge is 0.379 e. The second-order valence-electron chi connectivity index (χ2n) is 9.27. The van der Waals surface area contributed by atoms with Gasteiger partial charge in [0.15, 0.2) is 5.65 Å². The van der Waals surface area contributed by atoms with Crippen LogP contribution in [0.5, 0.6) is 0 Å². The predicted octanol–water partition coefficient (Wildman–Crippen LogP) is 2.99. The summed E-state index contributed by atoms with van der Waals surface area (Å²) >= 11 is 0. The fourth-order valence-corrected chi connectivity index (χ4v) is 5.15. The zero-order chi connectivity index (χ0) is 24.8. The third-order valence-corrected chi connectivity index (χ3v) is 7.28. The van der Waals surface area contributed by atoms with E-state index in [0.717, 1.165) is 23.8 Å². The molecule has 4 aromatic heterocycles. The molecule has 1 saturated carbocycles. The van der Waals surface area contributed by atoms with Crippen LogP contribution in [0.3, 0.4) is 0 Å². The van der Waals surface area contributed by atoms with Crippen LogP contribution in [-0.4, -0.2) is 75.7 Å². The molecule has 0 radical (unpaired) electrons. The van der Waals surface area contributed by atoms with Crippen LogP contribution in [0, 0.1) is 0 Å². The van der Waals surface area contributed by atoms with Gasteiger partial charge in [0.05, 0.1) is 36.7 Å². The maximum absolute atomic E-state index is 14.8. The molecule has 1 aliphatic heterocycles. The van der Waals surface area contributed by atoms with Crippen molar-refractivity contribution in [3.05, 3.63) is 42.4 Å². The number of carbonyl (C=O) groups excluding carboxylic acids is 1. The maximum atomic E-state index is 14.8. The second-order valence-corrected chi connectivity index (χ2v) is 9.27. The van der Waals surface area contributed by atoms with E-state index in [2.05, 4.69) is 20.7 Å². The smallest absolute Gasteiger partial charge is 0.257 e. The standard InChI is InChI=1S/C25H28FN7O3/c1-27-22-10-19(30-24-15(11-29-33(22)24)25(34)31-18-5-6-21(18)35-2)16-12-32(20-7-9-36-13-17(20)26)23-14(16)4-3-8-28-23/h3-4,8,10-12,17-18,20-21,27H,5-7,9,13H2,1-2H3,(H,31,34)/t17-,18+,20-,21+/m1/s1. The van der Waals surface area contributed by atoms with Crippen molar-refractivity contribution in [1.82, 2.24) is 29.5 Å². The van der Waals surface area contributed by atoms with Gasteiger partial charge in [0.1, 0.15) is 23.2 Å². The predicted molar refractivity (Wildman–Crippen MR) is 132 cm³/mol. The third-order valence-electron chi connectivity index (χ3n) is 7.28. The molecule has 1 amide bonds. The average molecular weight is 494 g/mol. The number of halogens is 1. The minimum atomic E-state index is -1.12. The molecule has 0 spiro atoms. The van der Waals surface area contributed by atoms with E-state index in [1.54, 1.807) is 24.9 Å². The Labute approximate surface area is 206 Å². The summed E-state index contributed by atoms with van der Waals surface area (Å²) in [6.45, 7) is 0.570. The monoisotopic (exact) mass is 493 g/mol. The van der Waals surface area contributed by atoms with Gasteiger partial charge in [-0.3, -0.25) is 4.79 Å². The molecule has 11 heteroatoms. The number of hydrogen-bond acceptors (Lipinski definition) is 7. The molecule has 0 bridgehead atoms. The molecule has 4 atom stereocenters. The molecule has 36 heavy (non-hydrogen) atoms. The van der Waals surface area contributed by atoms with Gasteiger partial charge in [0, 0.05) is 50.2 Å². The van der Waals surface area contributed by atoms with Crippen LogP contribution in [0.2, 0.25) is 0 Å². The number of aromatic nitrogens is 5. The van der Waals surface area contributed by atoms with E-state index in [-0.39, 0.29) is 30.7 Å². The zero-order valence-corrected chi connectivity index (χ0v) is 20.1. The number of hydrogen-bond donors (Lipinski definition) is 2. The summed E-state index contributed by atoms with van der Waals surface area (Å²) in [6, 6.07) is 5.29. The number of rotatable bonds is 6. The molecule has 2 fully saturated rings. The Morgan fingerprint density at radius 3 is 2.92 bits per heavy atom. The van der Waals surface area contributed by atoms with Gasteiger partial charge < -0.3 is 24.7 Å². The van der Waals surface area contributed by atoms with Crippen LogP contribution in [0.4, 0.5) is 10.2 Å². The quantitative estimate of drug-likeness (QED) is 0.425. The summed E-state index contributed by atoms with van der Waals surface area (Å²) in [5.74, 6) is 0.432. The summed E-state index contributed by atoms with van der Waals surface area (Å²) in [5, 5.41) is 11.5. The minimum Gasteiger partial charge on any atom is -0.379 e. The molecule has 0 aromatic carbocycles. The van der Waals surface area contributed by atoms with E-state index in [4.69, 9.17) is 14.5 Å². The van der Waals surface area contributed by atoms with Crippen LogP contribution in [-0.2, 0) is 9.47 Å².